The summed E-state index contributed by atoms with van der Waals surface area (Å²) >= 11 is 0. The molecule has 1 heterocycles. The second kappa shape index (κ2) is 3.32. The molecule has 1 aromatic heterocycles. The standard InChI is InChI=1S/C9H12N2O3/c1-14-9(13)8-7(12)5-11(10-8)6-3-2-4-6/h5-6,12H,2-4H2,1H3. The van der Waals surface area contributed by atoms with Gasteiger partial charge in [0.15, 0.2) is 5.75 Å². The van der Waals surface area contributed by atoms with Crippen molar-refractivity contribution >= 4 is 5.97 Å². The highest BCUT2D eigenvalue weighted by molar-refractivity contribution is 5.89. The zero-order valence-corrected chi connectivity index (χ0v) is 7.93. The van der Waals surface area contributed by atoms with E-state index >= 15 is 0 Å². The van der Waals surface area contributed by atoms with E-state index in [-0.39, 0.29) is 11.4 Å². The lowest BCUT2D eigenvalue weighted by molar-refractivity contribution is 0.0589. The molecule has 1 saturated carbocycles. The van der Waals surface area contributed by atoms with Crippen molar-refractivity contribution in [3.8, 4) is 5.75 Å². The van der Waals surface area contributed by atoms with Crippen molar-refractivity contribution in [3.05, 3.63) is 11.9 Å². The quantitative estimate of drug-likeness (QED) is 0.719. The number of carbonyl (C=O) groups is 1. The highest BCUT2D eigenvalue weighted by Gasteiger charge is 2.24. The van der Waals surface area contributed by atoms with Crippen LogP contribution in [-0.2, 0) is 4.74 Å². The number of hydrogen-bond acceptors (Lipinski definition) is 4. The van der Waals surface area contributed by atoms with Crippen LogP contribution in [0.3, 0.4) is 0 Å². The number of rotatable bonds is 2. The number of aromatic hydroxyl groups is 1. The zero-order valence-electron chi connectivity index (χ0n) is 7.93. The van der Waals surface area contributed by atoms with Crippen molar-refractivity contribution in [2.75, 3.05) is 7.11 Å². The molecule has 0 aromatic carbocycles. The molecule has 0 spiro atoms. The summed E-state index contributed by atoms with van der Waals surface area (Å²) in [7, 11) is 1.27. The first-order valence-electron chi connectivity index (χ1n) is 4.59. The van der Waals surface area contributed by atoms with E-state index in [0.717, 1.165) is 12.8 Å². The topological polar surface area (TPSA) is 64.3 Å². The molecule has 0 atom stereocenters. The van der Waals surface area contributed by atoms with Crippen LogP contribution in [-0.4, -0.2) is 28.0 Å². The molecule has 0 bridgehead atoms. The smallest absolute Gasteiger partial charge is 0.362 e. The Morgan fingerprint density at radius 1 is 1.71 bits per heavy atom. The maximum atomic E-state index is 11.1. The number of carbonyl (C=O) groups excluding carboxylic acids is 1. The summed E-state index contributed by atoms with van der Waals surface area (Å²) < 4.78 is 6.13. The van der Waals surface area contributed by atoms with Crippen molar-refractivity contribution in [1.29, 1.82) is 0 Å². The average Bonchev–Trinajstić information content (AvgIpc) is 2.43. The van der Waals surface area contributed by atoms with Gasteiger partial charge in [-0.05, 0) is 19.3 Å². The van der Waals surface area contributed by atoms with Gasteiger partial charge in [-0.15, -0.1) is 0 Å². The molecule has 0 saturated heterocycles. The Labute approximate surface area is 81.3 Å². The molecule has 2 rings (SSSR count). The Balaban J connectivity index is 2.24. The van der Waals surface area contributed by atoms with Crippen LogP contribution in [0.4, 0.5) is 0 Å². The van der Waals surface area contributed by atoms with Crippen LogP contribution >= 0.6 is 0 Å². The molecule has 1 aromatic rings. The van der Waals surface area contributed by atoms with Gasteiger partial charge in [-0.3, -0.25) is 4.68 Å². The summed E-state index contributed by atoms with van der Waals surface area (Å²) in [6.45, 7) is 0. The van der Waals surface area contributed by atoms with Gasteiger partial charge in [0, 0.05) is 0 Å². The Morgan fingerprint density at radius 3 is 2.93 bits per heavy atom. The summed E-state index contributed by atoms with van der Waals surface area (Å²) in [5, 5.41) is 13.4. The van der Waals surface area contributed by atoms with Crippen LogP contribution in [0.15, 0.2) is 6.20 Å². The fourth-order valence-electron chi connectivity index (χ4n) is 1.46. The van der Waals surface area contributed by atoms with E-state index in [2.05, 4.69) is 9.84 Å². The minimum Gasteiger partial charge on any atom is -0.504 e. The molecule has 0 radical (unpaired) electrons. The molecule has 1 aliphatic rings. The van der Waals surface area contributed by atoms with E-state index in [4.69, 9.17) is 0 Å². The molecule has 76 valence electrons. The largest absolute Gasteiger partial charge is 0.504 e. The van der Waals surface area contributed by atoms with Gasteiger partial charge in [0.1, 0.15) is 0 Å². The molecule has 0 amide bonds. The number of esters is 1. The number of nitrogens with zero attached hydrogens (tertiary/aromatic N) is 2. The lowest BCUT2D eigenvalue weighted by atomic mass is 9.93. The summed E-state index contributed by atoms with van der Waals surface area (Å²) in [6.07, 6.45) is 4.78. The number of ether oxygens (including phenoxy) is 1. The summed E-state index contributed by atoms with van der Waals surface area (Å²) in [5.41, 5.74) is -0.000556. The first-order chi connectivity index (χ1) is 6.72. The van der Waals surface area contributed by atoms with Gasteiger partial charge < -0.3 is 9.84 Å². The fourth-order valence-corrected chi connectivity index (χ4v) is 1.46. The van der Waals surface area contributed by atoms with Gasteiger partial charge in [-0.2, -0.15) is 5.10 Å². The van der Waals surface area contributed by atoms with Crippen molar-refractivity contribution in [1.82, 2.24) is 9.78 Å². The van der Waals surface area contributed by atoms with Crippen molar-refractivity contribution < 1.29 is 14.6 Å². The maximum Gasteiger partial charge on any atom is 0.362 e. The molecule has 0 unspecified atom stereocenters. The van der Waals surface area contributed by atoms with Crippen molar-refractivity contribution in [2.45, 2.75) is 25.3 Å². The van der Waals surface area contributed by atoms with E-state index < -0.39 is 5.97 Å². The van der Waals surface area contributed by atoms with Gasteiger partial charge >= 0.3 is 5.97 Å². The highest BCUT2D eigenvalue weighted by atomic mass is 16.5. The third-order valence-corrected chi connectivity index (χ3v) is 2.54. The minimum atomic E-state index is -0.597. The van der Waals surface area contributed by atoms with Gasteiger partial charge in [-0.1, -0.05) is 0 Å². The van der Waals surface area contributed by atoms with E-state index in [1.54, 1.807) is 4.68 Å². The maximum absolute atomic E-state index is 11.1. The summed E-state index contributed by atoms with van der Waals surface area (Å²) in [6, 6.07) is 0.333. The van der Waals surface area contributed by atoms with Crippen LogP contribution in [0.25, 0.3) is 0 Å². The molecule has 1 N–H and O–H groups in total. The Hall–Kier alpha value is -1.52. The SMILES string of the molecule is COC(=O)c1nn(C2CCC2)cc1O. The van der Waals surface area contributed by atoms with E-state index in [9.17, 15) is 9.90 Å². The monoisotopic (exact) mass is 196 g/mol. The highest BCUT2D eigenvalue weighted by Crippen LogP contribution is 2.32. The second-order valence-corrected chi connectivity index (χ2v) is 3.42. The molecular weight excluding hydrogens is 184 g/mol. The fraction of sp³-hybridized carbons (Fsp3) is 0.556. The van der Waals surface area contributed by atoms with Crippen LogP contribution in [0.1, 0.15) is 35.8 Å². The second-order valence-electron chi connectivity index (χ2n) is 3.42. The predicted molar refractivity (Wildman–Crippen MR) is 48.1 cm³/mol. The van der Waals surface area contributed by atoms with Crippen LogP contribution in [0.5, 0.6) is 5.75 Å². The predicted octanol–water partition coefficient (Wildman–Crippen LogP) is 1.10. The van der Waals surface area contributed by atoms with E-state index in [1.807, 2.05) is 0 Å². The molecule has 5 nitrogen and oxygen atoms in total. The first-order valence-corrected chi connectivity index (χ1v) is 4.59. The Kier molecular flexibility index (Phi) is 2.15. The molecule has 0 aliphatic heterocycles. The van der Waals surface area contributed by atoms with Crippen LogP contribution < -0.4 is 0 Å². The van der Waals surface area contributed by atoms with Gasteiger partial charge in [0.25, 0.3) is 0 Å². The van der Waals surface area contributed by atoms with Gasteiger partial charge in [0.2, 0.25) is 5.69 Å². The molecule has 5 heteroatoms. The lowest BCUT2D eigenvalue weighted by Gasteiger charge is -2.25. The van der Waals surface area contributed by atoms with E-state index in [1.165, 1.54) is 19.7 Å². The van der Waals surface area contributed by atoms with Gasteiger partial charge in [-0.25, -0.2) is 4.79 Å². The molecule has 1 fully saturated rings. The van der Waals surface area contributed by atoms with Crippen molar-refractivity contribution in [3.63, 3.8) is 0 Å². The third-order valence-electron chi connectivity index (χ3n) is 2.54. The number of aromatic nitrogens is 2. The Morgan fingerprint density at radius 2 is 2.43 bits per heavy atom. The molecular formula is C9H12N2O3. The average molecular weight is 196 g/mol. The molecule has 14 heavy (non-hydrogen) atoms. The zero-order chi connectivity index (χ0) is 10.1. The normalized spacial score (nSPS) is 16.4. The van der Waals surface area contributed by atoms with E-state index in [0.29, 0.717) is 6.04 Å². The summed E-state index contributed by atoms with van der Waals surface area (Å²) in [5.74, 6) is -0.704. The first kappa shape index (κ1) is 9.05. The number of hydrogen-bond donors (Lipinski definition) is 1. The van der Waals surface area contributed by atoms with Crippen molar-refractivity contribution in [2.24, 2.45) is 0 Å². The number of methoxy groups -OCH3 is 1. The van der Waals surface area contributed by atoms with Crippen LogP contribution in [0.2, 0.25) is 0 Å². The Bertz CT molecular complexity index is 355. The molecule has 1 aliphatic carbocycles. The summed E-state index contributed by atoms with van der Waals surface area (Å²) in [4.78, 5) is 11.1. The van der Waals surface area contributed by atoms with Crippen LogP contribution in [0, 0.1) is 0 Å². The lowest BCUT2D eigenvalue weighted by Crippen LogP contribution is -2.18. The minimum absolute atomic E-state index is 0.000556. The third kappa shape index (κ3) is 1.34. The van der Waals surface area contributed by atoms with Gasteiger partial charge in [0.05, 0.1) is 19.3 Å².